The lowest BCUT2D eigenvalue weighted by molar-refractivity contribution is -0.115. The number of carbonyl (C=O) groups is 1. The number of thioether (sulfide) groups is 1. The average molecular weight is 353 g/mol. The zero-order valence-electron chi connectivity index (χ0n) is 12.8. The second-order valence-electron chi connectivity index (χ2n) is 4.65. The van der Waals surface area contributed by atoms with Crippen molar-refractivity contribution in [3.8, 4) is 5.75 Å². The maximum Gasteiger partial charge on any atom is 0.237 e. The Kier molecular flexibility index (Phi) is 6.06. The zero-order chi connectivity index (χ0) is 16.8. The lowest BCUT2D eigenvalue weighted by Crippen LogP contribution is -2.22. The Labute approximate surface area is 143 Å². The molecule has 6 nitrogen and oxygen atoms in total. The Morgan fingerprint density at radius 1 is 1.61 bits per heavy atom. The number of nitrogens with one attached hydrogen (secondary N) is 1. The van der Waals surface area contributed by atoms with Crippen molar-refractivity contribution in [1.29, 1.82) is 0 Å². The van der Waals surface area contributed by atoms with Gasteiger partial charge in [-0.25, -0.2) is 0 Å². The van der Waals surface area contributed by atoms with Crippen molar-refractivity contribution in [2.24, 2.45) is 0 Å². The number of aromatic nitrogens is 3. The minimum absolute atomic E-state index is 0.149. The van der Waals surface area contributed by atoms with Gasteiger partial charge in [0.2, 0.25) is 5.91 Å². The Bertz CT molecular complexity index is 705. The van der Waals surface area contributed by atoms with Crippen LogP contribution < -0.4 is 10.1 Å². The Balaban J connectivity index is 2.01. The molecule has 0 bridgehead atoms. The maximum absolute atomic E-state index is 12.3. The molecule has 23 heavy (non-hydrogen) atoms. The smallest absolute Gasteiger partial charge is 0.237 e. The fourth-order valence-corrected chi connectivity index (χ4v) is 2.89. The van der Waals surface area contributed by atoms with Crippen LogP contribution in [0.15, 0.2) is 42.3 Å². The lowest BCUT2D eigenvalue weighted by Gasteiger charge is -2.12. The molecule has 1 amide bonds. The average Bonchev–Trinajstić information content (AvgIpc) is 2.95. The predicted molar refractivity (Wildman–Crippen MR) is 92.2 cm³/mol. The van der Waals surface area contributed by atoms with Crippen LogP contribution in [-0.4, -0.2) is 33.0 Å². The molecular formula is C15H17ClN4O2S. The van der Waals surface area contributed by atoms with E-state index in [-0.39, 0.29) is 11.2 Å². The molecule has 2 rings (SSSR count). The number of nitrogens with zero attached hydrogens (tertiary/aromatic N) is 3. The summed E-state index contributed by atoms with van der Waals surface area (Å²) >= 11 is 7.38. The molecule has 0 aliphatic rings. The number of hydrogen-bond acceptors (Lipinski definition) is 5. The van der Waals surface area contributed by atoms with E-state index in [4.69, 9.17) is 16.3 Å². The van der Waals surface area contributed by atoms with Gasteiger partial charge in [0.15, 0.2) is 5.16 Å². The zero-order valence-corrected chi connectivity index (χ0v) is 14.4. The van der Waals surface area contributed by atoms with Gasteiger partial charge >= 0.3 is 0 Å². The summed E-state index contributed by atoms with van der Waals surface area (Å²) in [6, 6.07) is 5.09. The number of halogens is 1. The third-order valence-electron chi connectivity index (χ3n) is 2.98. The molecule has 1 aromatic heterocycles. The Hall–Kier alpha value is -1.99. The normalized spacial score (nSPS) is 11.8. The van der Waals surface area contributed by atoms with Crippen molar-refractivity contribution in [2.75, 3.05) is 12.4 Å². The summed E-state index contributed by atoms with van der Waals surface area (Å²) in [6.07, 6.45) is 3.36. The van der Waals surface area contributed by atoms with Gasteiger partial charge in [-0.1, -0.05) is 29.4 Å². The molecule has 8 heteroatoms. The number of allylic oxidation sites excluding steroid dienone is 1. The van der Waals surface area contributed by atoms with E-state index in [0.717, 1.165) is 0 Å². The second kappa shape index (κ2) is 8.03. The molecular weight excluding hydrogens is 336 g/mol. The molecule has 0 unspecified atom stereocenters. The standard InChI is InChI=1S/C15H17ClN4O2S/c1-4-7-20-9-17-19-15(20)23-10(2)14(21)18-11-5-6-13(22-3)12(16)8-11/h4-6,8-10H,1,7H2,2-3H3,(H,18,21)/t10-/m1/s1. The first kappa shape index (κ1) is 17.4. The first-order valence-corrected chi connectivity index (χ1v) is 8.10. The summed E-state index contributed by atoms with van der Waals surface area (Å²) in [5.74, 6) is 0.411. The van der Waals surface area contributed by atoms with Crippen LogP contribution in [0.25, 0.3) is 0 Å². The molecule has 2 aromatic rings. The molecule has 1 atom stereocenters. The van der Waals surface area contributed by atoms with Crippen molar-refractivity contribution in [2.45, 2.75) is 23.9 Å². The molecule has 1 heterocycles. The van der Waals surface area contributed by atoms with Crippen LogP contribution >= 0.6 is 23.4 Å². The number of carbonyl (C=O) groups excluding carboxylic acids is 1. The van der Waals surface area contributed by atoms with Crippen LogP contribution in [0.3, 0.4) is 0 Å². The molecule has 0 radical (unpaired) electrons. The first-order valence-electron chi connectivity index (χ1n) is 6.85. The van der Waals surface area contributed by atoms with Gasteiger partial charge in [0, 0.05) is 12.2 Å². The highest BCUT2D eigenvalue weighted by atomic mass is 35.5. The largest absolute Gasteiger partial charge is 0.495 e. The summed E-state index contributed by atoms with van der Waals surface area (Å²) in [5.41, 5.74) is 0.612. The molecule has 0 spiro atoms. The van der Waals surface area contributed by atoms with E-state index >= 15 is 0 Å². The summed E-state index contributed by atoms with van der Waals surface area (Å²) in [7, 11) is 1.54. The SMILES string of the molecule is C=CCn1cnnc1S[C@H](C)C(=O)Nc1ccc(OC)c(Cl)c1. The summed E-state index contributed by atoms with van der Waals surface area (Å²) in [5, 5.41) is 11.4. The fourth-order valence-electron chi connectivity index (χ4n) is 1.80. The number of methoxy groups -OCH3 is 1. The van der Waals surface area contributed by atoms with Gasteiger partial charge in [-0.2, -0.15) is 0 Å². The third-order valence-corrected chi connectivity index (χ3v) is 4.37. The molecule has 1 aromatic carbocycles. The van der Waals surface area contributed by atoms with E-state index in [1.165, 1.54) is 18.9 Å². The Morgan fingerprint density at radius 2 is 2.39 bits per heavy atom. The van der Waals surface area contributed by atoms with Gasteiger partial charge in [0.25, 0.3) is 0 Å². The number of hydrogen-bond donors (Lipinski definition) is 1. The number of anilines is 1. The lowest BCUT2D eigenvalue weighted by atomic mass is 10.3. The monoisotopic (exact) mass is 352 g/mol. The predicted octanol–water partition coefficient (Wildman–Crippen LogP) is 3.25. The molecule has 0 aliphatic carbocycles. The van der Waals surface area contributed by atoms with E-state index < -0.39 is 0 Å². The molecule has 0 aliphatic heterocycles. The van der Waals surface area contributed by atoms with Crippen LogP contribution in [0.5, 0.6) is 5.75 Å². The van der Waals surface area contributed by atoms with E-state index in [0.29, 0.717) is 28.2 Å². The maximum atomic E-state index is 12.3. The third kappa shape index (κ3) is 4.49. The van der Waals surface area contributed by atoms with E-state index in [2.05, 4.69) is 22.1 Å². The summed E-state index contributed by atoms with van der Waals surface area (Å²) in [6.45, 7) is 6.08. The van der Waals surface area contributed by atoms with Crippen molar-refractivity contribution < 1.29 is 9.53 Å². The molecule has 0 saturated heterocycles. The molecule has 122 valence electrons. The van der Waals surface area contributed by atoms with Crippen LogP contribution in [-0.2, 0) is 11.3 Å². The van der Waals surface area contributed by atoms with Crippen molar-refractivity contribution >= 4 is 35.0 Å². The topological polar surface area (TPSA) is 69.0 Å². The number of ether oxygens (including phenoxy) is 1. The van der Waals surface area contributed by atoms with Gasteiger partial charge in [0.05, 0.1) is 17.4 Å². The number of benzene rings is 1. The van der Waals surface area contributed by atoms with Crippen molar-refractivity contribution in [3.63, 3.8) is 0 Å². The first-order chi connectivity index (χ1) is 11.0. The van der Waals surface area contributed by atoms with Crippen LogP contribution in [0.1, 0.15) is 6.92 Å². The van der Waals surface area contributed by atoms with Crippen molar-refractivity contribution in [1.82, 2.24) is 14.8 Å². The van der Waals surface area contributed by atoms with Gasteiger partial charge in [0.1, 0.15) is 12.1 Å². The highest BCUT2D eigenvalue weighted by molar-refractivity contribution is 8.00. The highest BCUT2D eigenvalue weighted by Crippen LogP contribution is 2.28. The number of rotatable bonds is 7. The van der Waals surface area contributed by atoms with Gasteiger partial charge in [-0.3, -0.25) is 4.79 Å². The highest BCUT2D eigenvalue weighted by Gasteiger charge is 2.18. The quantitative estimate of drug-likeness (QED) is 0.612. The van der Waals surface area contributed by atoms with Crippen molar-refractivity contribution in [3.05, 3.63) is 42.2 Å². The fraction of sp³-hybridized carbons (Fsp3) is 0.267. The van der Waals surface area contributed by atoms with Crippen LogP contribution in [0, 0.1) is 0 Å². The second-order valence-corrected chi connectivity index (χ2v) is 6.37. The van der Waals surface area contributed by atoms with Crippen LogP contribution in [0.4, 0.5) is 5.69 Å². The molecule has 0 saturated carbocycles. The summed E-state index contributed by atoms with van der Waals surface area (Å²) < 4.78 is 6.91. The molecule has 1 N–H and O–H groups in total. The van der Waals surface area contributed by atoms with E-state index in [1.807, 2.05) is 4.57 Å². The van der Waals surface area contributed by atoms with E-state index in [9.17, 15) is 4.79 Å². The van der Waals surface area contributed by atoms with E-state index in [1.54, 1.807) is 37.5 Å². The van der Waals surface area contributed by atoms with Gasteiger partial charge in [-0.05, 0) is 25.1 Å². The molecule has 0 fully saturated rings. The minimum Gasteiger partial charge on any atom is -0.495 e. The Morgan fingerprint density at radius 3 is 3.04 bits per heavy atom. The van der Waals surface area contributed by atoms with Crippen LogP contribution in [0.2, 0.25) is 5.02 Å². The van der Waals surface area contributed by atoms with Gasteiger partial charge < -0.3 is 14.6 Å². The number of amides is 1. The summed E-state index contributed by atoms with van der Waals surface area (Å²) in [4.78, 5) is 12.3. The van der Waals surface area contributed by atoms with Gasteiger partial charge in [-0.15, -0.1) is 16.8 Å². The minimum atomic E-state index is -0.344.